The summed E-state index contributed by atoms with van der Waals surface area (Å²) in [4.78, 5) is 12.4. The first kappa shape index (κ1) is 11.8. The fraction of sp³-hybridized carbons (Fsp3) is 0.364. The van der Waals surface area contributed by atoms with Crippen molar-refractivity contribution in [2.45, 2.75) is 30.9 Å². The third-order valence-electron chi connectivity index (χ3n) is 1.69. The molecule has 0 aliphatic carbocycles. The molecule has 1 nitrogen and oxygen atoms in total. The molecule has 1 rings (SSSR count). The molecule has 1 aromatic carbocycles. The minimum absolute atomic E-state index is 0.0953. The molecule has 0 N–H and O–H groups in total. The Kier molecular flexibility index (Phi) is 4.20. The molecule has 76 valence electrons. The number of hydrogen-bond acceptors (Lipinski definition) is 2. The highest BCUT2D eigenvalue weighted by molar-refractivity contribution is 9.10. The molecule has 0 saturated carbocycles. The highest BCUT2D eigenvalue weighted by atomic mass is 79.9. The molecule has 0 aliphatic rings. The van der Waals surface area contributed by atoms with Gasteiger partial charge in [0, 0.05) is 20.2 Å². The maximum atomic E-state index is 11.2. The van der Waals surface area contributed by atoms with Crippen LogP contribution >= 0.6 is 27.7 Å². The Morgan fingerprint density at radius 3 is 2.50 bits per heavy atom. The van der Waals surface area contributed by atoms with Crippen LogP contribution in [0, 0.1) is 0 Å². The van der Waals surface area contributed by atoms with Gasteiger partial charge < -0.3 is 0 Å². The van der Waals surface area contributed by atoms with Gasteiger partial charge in [0.15, 0.2) is 5.78 Å². The van der Waals surface area contributed by atoms with Crippen LogP contribution in [0.4, 0.5) is 0 Å². The van der Waals surface area contributed by atoms with Crippen molar-refractivity contribution >= 4 is 33.5 Å². The van der Waals surface area contributed by atoms with Gasteiger partial charge in [-0.05, 0) is 25.1 Å². The quantitative estimate of drug-likeness (QED) is 0.607. The van der Waals surface area contributed by atoms with Crippen molar-refractivity contribution in [1.29, 1.82) is 0 Å². The smallest absolute Gasteiger partial charge is 0.160 e. The van der Waals surface area contributed by atoms with Gasteiger partial charge in [-0.3, -0.25) is 4.79 Å². The summed E-state index contributed by atoms with van der Waals surface area (Å²) < 4.78 is 0.885. The van der Waals surface area contributed by atoms with Crippen molar-refractivity contribution < 1.29 is 4.79 Å². The average Bonchev–Trinajstić information content (AvgIpc) is 2.01. The van der Waals surface area contributed by atoms with E-state index in [4.69, 9.17) is 0 Å². The number of carbonyl (C=O) groups is 1. The number of carbonyl (C=O) groups excluding carboxylic acids is 1. The number of benzene rings is 1. The molecule has 0 fully saturated rings. The molecule has 0 aliphatic heterocycles. The highest BCUT2D eigenvalue weighted by Gasteiger charge is 2.06. The van der Waals surface area contributed by atoms with E-state index in [-0.39, 0.29) is 5.78 Å². The first-order valence-corrected chi connectivity index (χ1v) is 6.15. The molecular formula is C11H13BrOS. The SMILES string of the molecule is CC(=O)c1ccc(SC(C)C)cc1Br. The minimum Gasteiger partial charge on any atom is -0.294 e. The fourth-order valence-corrected chi connectivity index (χ4v) is 2.81. The van der Waals surface area contributed by atoms with Gasteiger partial charge in [-0.2, -0.15) is 0 Å². The zero-order chi connectivity index (χ0) is 10.7. The summed E-state index contributed by atoms with van der Waals surface area (Å²) in [7, 11) is 0. The fourth-order valence-electron chi connectivity index (χ4n) is 1.13. The lowest BCUT2D eigenvalue weighted by atomic mass is 10.2. The van der Waals surface area contributed by atoms with Crippen LogP contribution in [0.3, 0.4) is 0 Å². The Balaban J connectivity index is 2.94. The molecule has 0 aromatic heterocycles. The van der Waals surface area contributed by atoms with Crippen molar-refractivity contribution in [1.82, 2.24) is 0 Å². The van der Waals surface area contributed by atoms with Crippen LogP contribution in [0.5, 0.6) is 0 Å². The van der Waals surface area contributed by atoms with Crippen LogP contribution < -0.4 is 0 Å². The average molecular weight is 273 g/mol. The molecule has 0 saturated heterocycles. The van der Waals surface area contributed by atoms with Gasteiger partial charge >= 0.3 is 0 Å². The van der Waals surface area contributed by atoms with Crippen LogP contribution in [0.1, 0.15) is 31.1 Å². The Morgan fingerprint density at radius 1 is 1.43 bits per heavy atom. The second kappa shape index (κ2) is 4.99. The number of Topliss-reactive ketones (excluding diaryl/α,β-unsaturated/α-hetero) is 1. The van der Waals surface area contributed by atoms with Gasteiger partial charge in [0.1, 0.15) is 0 Å². The van der Waals surface area contributed by atoms with Crippen LogP contribution in [0.25, 0.3) is 0 Å². The highest BCUT2D eigenvalue weighted by Crippen LogP contribution is 2.28. The molecule has 0 amide bonds. The number of hydrogen-bond donors (Lipinski definition) is 0. The van der Waals surface area contributed by atoms with Crippen LogP contribution in [-0.2, 0) is 0 Å². The molecule has 1 aromatic rings. The van der Waals surface area contributed by atoms with E-state index < -0.39 is 0 Å². The molecule has 0 bridgehead atoms. The van der Waals surface area contributed by atoms with Gasteiger partial charge in [0.05, 0.1) is 0 Å². The number of thioether (sulfide) groups is 1. The van der Waals surface area contributed by atoms with Gasteiger partial charge in [0.2, 0.25) is 0 Å². The van der Waals surface area contributed by atoms with E-state index >= 15 is 0 Å². The Morgan fingerprint density at radius 2 is 2.07 bits per heavy atom. The van der Waals surface area contributed by atoms with Crippen LogP contribution in [0.2, 0.25) is 0 Å². The van der Waals surface area contributed by atoms with E-state index in [9.17, 15) is 4.79 Å². The van der Waals surface area contributed by atoms with Gasteiger partial charge in [-0.25, -0.2) is 0 Å². The van der Waals surface area contributed by atoms with E-state index in [1.54, 1.807) is 18.7 Å². The lowest BCUT2D eigenvalue weighted by molar-refractivity contribution is 0.101. The van der Waals surface area contributed by atoms with Crippen molar-refractivity contribution in [3.8, 4) is 0 Å². The van der Waals surface area contributed by atoms with E-state index in [0.29, 0.717) is 5.25 Å². The lowest BCUT2D eigenvalue weighted by Gasteiger charge is -2.06. The predicted octanol–water partition coefficient (Wildman–Crippen LogP) is 4.15. The van der Waals surface area contributed by atoms with Gasteiger partial charge in [-0.1, -0.05) is 29.8 Å². The normalized spacial score (nSPS) is 10.6. The van der Waals surface area contributed by atoms with E-state index in [2.05, 4.69) is 29.8 Å². The van der Waals surface area contributed by atoms with E-state index in [0.717, 1.165) is 10.0 Å². The molecular weight excluding hydrogens is 260 g/mol. The van der Waals surface area contributed by atoms with Crippen molar-refractivity contribution in [3.63, 3.8) is 0 Å². The molecule has 0 unspecified atom stereocenters. The molecule has 0 atom stereocenters. The first-order valence-electron chi connectivity index (χ1n) is 4.48. The van der Waals surface area contributed by atoms with Crippen molar-refractivity contribution in [2.75, 3.05) is 0 Å². The minimum atomic E-state index is 0.0953. The third-order valence-corrected chi connectivity index (χ3v) is 3.35. The first-order chi connectivity index (χ1) is 6.50. The zero-order valence-corrected chi connectivity index (χ0v) is 10.9. The van der Waals surface area contributed by atoms with Crippen LogP contribution in [0.15, 0.2) is 27.6 Å². The van der Waals surface area contributed by atoms with E-state index in [1.165, 1.54) is 4.90 Å². The molecule has 0 radical (unpaired) electrons. The van der Waals surface area contributed by atoms with Crippen LogP contribution in [-0.4, -0.2) is 11.0 Å². The topological polar surface area (TPSA) is 17.1 Å². The van der Waals surface area contributed by atoms with E-state index in [1.807, 2.05) is 18.2 Å². The summed E-state index contributed by atoms with van der Waals surface area (Å²) in [6.07, 6.45) is 0. The summed E-state index contributed by atoms with van der Waals surface area (Å²) in [6, 6.07) is 5.87. The molecule has 14 heavy (non-hydrogen) atoms. The number of ketones is 1. The Labute approximate surface area is 97.4 Å². The summed E-state index contributed by atoms with van der Waals surface area (Å²) in [5, 5.41) is 0.560. The van der Waals surface area contributed by atoms with Gasteiger partial charge in [0.25, 0.3) is 0 Å². The zero-order valence-electron chi connectivity index (χ0n) is 8.50. The van der Waals surface area contributed by atoms with Crippen molar-refractivity contribution in [2.24, 2.45) is 0 Å². The molecule has 3 heteroatoms. The Bertz CT molecular complexity index is 347. The Hall–Kier alpha value is -0.280. The maximum absolute atomic E-state index is 11.2. The molecule has 0 heterocycles. The monoisotopic (exact) mass is 272 g/mol. The second-order valence-corrected chi connectivity index (χ2v) is 5.87. The standard InChI is InChI=1S/C11H13BrOS/c1-7(2)14-9-4-5-10(8(3)13)11(12)6-9/h4-7H,1-3H3. The summed E-state index contributed by atoms with van der Waals surface area (Å²) in [5.74, 6) is 0.0953. The summed E-state index contributed by atoms with van der Waals surface area (Å²) in [5.41, 5.74) is 0.748. The summed E-state index contributed by atoms with van der Waals surface area (Å²) >= 11 is 5.20. The lowest BCUT2D eigenvalue weighted by Crippen LogP contribution is -1.94. The largest absolute Gasteiger partial charge is 0.294 e. The third kappa shape index (κ3) is 3.14. The maximum Gasteiger partial charge on any atom is 0.160 e. The van der Waals surface area contributed by atoms with Crippen molar-refractivity contribution in [3.05, 3.63) is 28.2 Å². The number of halogens is 1. The van der Waals surface area contributed by atoms with Gasteiger partial charge in [-0.15, -0.1) is 11.8 Å². The second-order valence-electron chi connectivity index (χ2n) is 3.36. The predicted molar refractivity (Wildman–Crippen MR) is 65.1 cm³/mol. The molecule has 0 spiro atoms. The summed E-state index contributed by atoms with van der Waals surface area (Å²) in [6.45, 7) is 5.88. The number of rotatable bonds is 3.